The van der Waals surface area contributed by atoms with Crippen molar-refractivity contribution in [3.05, 3.63) is 52.7 Å². The lowest BCUT2D eigenvalue weighted by molar-refractivity contribution is -0.115. The molecule has 1 amide bonds. The average Bonchev–Trinajstić information content (AvgIpc) is 3.44. The fraction of sp³-hybridized carbons (Fsp3) is 0.211. The Balaban J connectivity index is 1.43. The van der Waals surface area contributed by atoms with Crippen LogP contribution in [-0.2, 0) is 4.79 Å². The summed E-state index contributed by atoms with van der Waals surface area (Å²) in [4.78, 5) is 16.9. The summed E-state index contributed by atoms with van der Waals surface area (Å²) in [5.41, 5.74) is 2.51. The van der Waals surface area contributed by atoms with Crippen LogP contribution >= 0.6 is 23.1 Å². The Hall–Kier alpha value is -3.32. The molecule has 13 heteroatoms. The maximum Gasteiger partial charge on any atom is 0.271 e. The van der Waals surface area contributed by atoms with Crippen LogP contribution in [0.25, 0.3) is 17.2 Å². The van der Waals surface area contributed by atoms with Crippen LogP contribution < -0.4 is 11.2 Å². The number of aromatic nitrogens is 6. The van der Waals surface area contributed by atoms with Gasteiger partial charge in [-0.05, 0) is 45.0 Å². The highest BCUT2D eigenvalue weighted by atomic mass is 32.2. The summed E-state index contributed by atoms with van der Waals surface area (Å²) in [5, 5.41) is 16.9. The summed E-state index contributed by atoms with van der Waals surface area (Å²) in [6.07, 6.45) is 0. The molecule has 4 aromatic rings. The molecule has 0 radical (unpaired) electrons. The molecule has 166 valence electrons. The Morgan fingerprint density at radius 1 is 1.22 bits per heavy atom. The van der Waals surface area contributed by atoms with Gasteiger partial charge in [0, 0.05) is 16.6 Å². The minimum atomic E-state index is -0.961. The number of hydrogen-bond acceptors (Lipinski definition) is 8. The first kappa shape index (κ1) is 21.9. The molecular weight excluding hydrogens is 458 g/mol. The maximum absolute atomic E-state index is 13.5. The second-order valence-electron chi connectivity index (χ2n) is 6.91. The van der Waals surface area contributed by atoms with Crippen LogP contribution in [0.1, 0.15) is 18.3 Å². The molecule has 0 aliphatic rings. The molecule has 0 aliphatic carbocycles. The van der Waals surface area contributed by atoms with Crippen LogP contribution in [0.2, 0.25) is 0 Å². The van der Waals surface area contributed by atoms with E-state index in [9.17, 15) is 13.6 Å². The van der Waals surface area contributed by atoms with Crippen molar-refractivity contribution < 1.29 is 13.6 Å². The first-order valence-corrected chi connectivity index (χ1v) is 11.1. The van der Waals surface area contributed by atoms with Crippen LogP contribution in [-0.4, -0.2) is 40.8 Å². The largest absolute Gasteiger partial charge is 0.334 e. The third kappa shape index (κ3) is 4.34. The fourth-order valence-electron chi connectivity index (χ4n) is 2.86. The Labute approximate surface area is 189 Å². The highest BCUT2D eigenvalue weighted by molar-refractivity contribution is 8.00. The summed E-state index contributed by atoms with van der Waals surface area (Å²) in [6, 6.07) is 5.40. The van der Waals surface area contributed by atoms with Crippen molar-refractivity contribution in [2.75, 3.05) is 11.2 Å². The number of amides is 1. The lowest BCUT2D eigenvalue weighted by atomic mass is 10.2. The Kier molecular flexibility index (Phi) is 5.93. The number of nitrogens with one attached hydrogen (secondary N) is 1. The second-order valence-corrected chi connectivity index (χ2v) is 9.07. The van der Waals surface area contributed by atoms with E-state index >= 15 is 0 Å². The number of carbonyl (C=O) groups excluding carboxylic acids is 1. The van der Waals surface area contributed by atoms with Crippen molar-refractivity contribution in [1.29, 1.82) is 0 Å². The number of anilines is 1. The quantitative estimate of drug-likeness (QED) is 0.324. The van der Waals surface area contributed by atoms with E-state index in [4.69, 9.17) is 5.84 Å². The second kappa shape index (κ2) is 8.67. The van der Waals surface area contributed by atoms with Gasteiger partial charge in [-0.15, -0.1) is 21.5 Å². The third-order valence-electron chi connectivity index (χ3n) is 4.45. The first-order valence-electron chi connectivity index (χ1n) is 9.35. The van der Waals surface area contributed by atoms with Crippen molar-refractivity contribution in [2.45, 2.75) is 31.2 Å². The van der Waals surface area contributed by atoms with Gasteiger partial charge in [-0.2, -0.15) is 5.10 Å². The van der Waals surface area contributed by atoms with Gasteiger partial charge in [0.1, 0.15) is 0 Å². The smallest absolute Gasteiger partial charge is 0.271 e. The molecule has 32 heavy (non-hydrogen) atoms. The number of halogens is 2. The lowest BCUT2D eigenvalue weighted by Crippen LogP contribution is -2.24. The summed E-state index contributed by atoms with van der Waals surface area (Å²) in [6.45, 7) is 5.43. The molecule has 1 unspecified atom stereocenters. The molecule has 3 heterocycles. The number of thioether (sulfide) groups is 1. The van der Waals surface area contributed by atoms with Gasteiger partial charge in [-0.3, -0.25) is 4.79 Å². The zero-order valence-electron chi connectivity index (χ0n) is 17.2. The number of rotatable bonds is 6. The van der Waals surface area contributed by atoms with Crippen LogP contribution in [0.3, 0.4) is 0 Å². The number of nitrogens with zero attached hydrogens (tertiary/aromatic N) is 6. The van der Waals surface area contributed by atoms with Gasteiger partial charge in [0.15, 0.2) is 16.8 Å². The summed E-state index contributed by atoms with van der Waals surface area (Å²) >= 11 is 2.31. The number of nitrogens with two attached hydrogens (primary N) is 1. The van der Waals surface area contributed by atoms with Crippen LogP contribution in [0.5, 0.6) is 0 Å². The van der Waals surface area contributed by atoms with E-state index in [-0.39, 0.29) is 5.91 Å². The molecule has 1 aromatic carbocycles. The molecule has 0 spiro atoms. The topological polar surface area (TPSA) is 117 Å². The molecule has 0 saturated heterocycles. The molecule has 0 bridgehead atoms. The van der Waals surface area contributed by atoms with Gasteiger partial charge in [-0.1, -0.05) is 11.8 Å². The van der Waals surface area contributed by atoms with Crippen LogP contribution in [0.4, 0.5) is 13.9 Å². The van der Waals surface area contributed by atoms with Crippen molar-refractivity contribution in [3.63, 3.8) is 0 Å². The molecule has 0 aliphatic heterocycles. The predicted octanol–water partition coefficient (Wildman–Crippen LogP) is 3.32. The van der Waals surface area contributed by atoms with Gasteiger partial charge in [-0.25, -0.2) is 23.1 Å². The van der Waals surface area contributed by atoms with E-state index in [1.807, 2.05) is 19.9 Å². The number of aryl methyl sites for hydroxylation is 2. The molecule has 1 atom stereocenters. The molecule has 0 saturated carbocycles. The predicted molar refractivity (Wildman–Crippen MR) is 118 cm³/mol. The van der Waals surface area contributed by atoms with Gasteiger partial charge >= 0.3 is 0 Å². The van der Waals surface area contributed by atoms with Crippen molar-refractivity contribution in [2.24, 2.45) is 0 Å². The highest BCUT2D eigenvalue weighted by Gasteiger charge is 2.22. The minimum absolute atomic E-state index is 0.322. The monoisotopic (exact) mass is 476 g/mol. The average molecular weight is 477 g/mol. The molecule has 4 rings (SSSR count). The lowest BCUT2D eigenvalue weighted by Gasteiger charge is -2.10. The number of hydrogen-bond donors (Lipinski definition) is 2. The van der Waals surface area contributed by atoms with E-state index in [1.165, 1.54) is 22.1 Å². The number of carbonyl (C=O) groups is 1. The van der Waals surface area contributed by atoms with Gasteiger partial charge in [0.2, 0.25) is 11.1 Å². The third-order valence-corrected chi connectivity index (χ3v) is 6.26. The summed E-state index contributed by atoms with van der Waals surface area (Å²) < 4.78 is 29.4. The van der Waals surface area contributed by atoms with Gasteiger partial charge in [0.05, 0.1) is 16.6 Å². The number of thiazole rings is 1. The molecule has 0 fully saturated rings. The van der Waals surface area contributed by atoms with Crippen LogP contribution in [0, 0.1) is 25.5 Å². The summed E-state index contributed by atoms with van der Waals surface area (Å²) in [7, 11) is 0. The van der Waals surface area contributed by atoms with E-state index in [0.717, 1.165) is 35.3 Å². The maximum atomic E-state index is 13.5. The zero-order chi connectivity index (χ0) is 23.0. The Morgan fingerprint density at radius 3 is 2.69 bits per heavy atom. The highest BCUT2D eigenvalue weighted by Crippen LogP contribution is 2.28. The van der Waals surface area contributed by atoms with E-state index < -0.39 is 16.9 Å². The molecule has 3 N–H and O–H groups in total. The normalized spacial score (nSPS) is 12.2. The number of benzene rings is 1. The van der Waals surface area contributed by atoms with Crippen molar-refractivity contribution in [3.8, 4) is 17.2 Å². The molecular formula is C19H18F2N8OS2. The SMILES string of the molecule is Cc1cc(C)n(-c2nnc(SC(C)C(=O)Nc3nc(-c4ccc(F)c(F)c4)cs3)n2N)n1. The first-order chi connectivity index (χ1) is 15.2. The fourth-order valence-corrected chi connectivity index (χ4v) is 4.35. The van der Waals surface area contributed by atoms with Gasteiger partial charge < -0.3 is 11.2 Å². The van der Waals surface area contributed by atoms with Crippen molar-refractivity contribution in [1.82, 2.24) is 29.6 Å². The number of nitrogen functional groups attached to an aromatic ring is 1. The zero-order valence-corrected chi connectivity index (χ0v) is 18.8. The minimum Gasteiger partial charge on any atom is -0.334 e. The Morgan fingerprint density at radius 2 is 2.00 bits per heavy atom. The van der Waals surface area contributed by atoms with E-state index in [1.54, 1.807) is 17.0 Å². The van der Waals surface area contributed by atoms with E-state index in [0.29, 0.717) is 27.5 Å². The Bertz CT molecular complexity index is 1300. The summed E-state index contributed by atoms with van der Waals surface area (Å²) in [5.74, 6) is 4.23. The van der Waals surface area contributed by atoms with E-state index in [2.05, 4.69) is 25.6 Å². The van der Waals surface area contributed by atoms with Crippen LogP contribution in [0.15, 0.2) is 34.8 Å². The standard InChI is InChI=1S/C19H18F2N8OS2/c1-9-6-10(2)29(27-9)18-25-26-19(28(18)22)32-11(3)16(30)24-17-23-15(8-31-17)12-4-5-13(20)14(21)7-12/h4-8,11H,22H2,1-3H3,(H,23,24,30). The van der Waals surface area contributed by atoms with Gasteiger partial charge in [0.25, 0.3) is 5.95 Å². The van der Waals surface area contributed by atoms with Crippen molar-refractivity contribution >= 4 is 34.1 Å². The molecule has 3 aromatic heterocycles. The molecule has 9 nitrogen and oxygen atoms in total.